The molecule has 198 valence electrons. The van der Waals surface area contributed by atoms with Crippen LogP contribution in [0.15, 0.2) is 42.7 Å². The van der Waals surface area contributed by atoms with Crippen LogP contribution in [0.25, 0.3) is 11.4 Å². The molecule has 0 aliphatic rings. The lowest BCUT2D eigenvalue weighted by Crippen LogP contribution is -2.45. The fourth-order valence-electron chi connectivity index (χ4n) is 4.49. The average Bonchev–Trinajstić information content (AvgIpc) is 3.10. The Balaban J connectivity index is 2.26. The third-order valence-corrected chi connectivity index (χ3v) is 6.16. The Morgan fingerprint density at radius 2 is 1.59 bits per heavy atom. The zero-order valence-electron chi connectivity index (χ0n) is 21.5. The summed E-state index contributed by atoms with van der Waals surface area (Å²) in [4.78, 5) is 37.5. The maximum Gasteiger partial charge on any atom is 0.431 e. The smallest absolute Gasteiger partial charge is 0.348 e. The highest BCUT2D eigenvalue weighted by atomic mass is 35.5. The molecule has 3 aromatic rings. The van der Waals surface area contributed by atoms with E-state index in [2.05, 4.69) is 9.97 Å². The first kappa shape index (κ1) is 28.2. The lowest BCUT2D eigenvalue weighted by molar-refractivity contribution is -0.143. The van der Waals surface area contributed by atoms with Gasteiger partial charge in [0.1, 0.15) is 11.4 Å². The Labute approximate surface area is 218 Å². The molecule has 0 unspecified atom stereocenters. The van der Waals surface area contributed by atoms with Crippen molar-refractivity contribution >= 4 is 23.4 Å². The maximum absolute atomic E-state index is 14.5. The predicted octanol–water partition coefficient (Wildman–Crippen LogP) is 5.16. The summed E-state index contributed by atoms with van der Waals surface area (Å²) in [6.45, 7) is 4.42. The number of hydrogen-bond acceptors (Lipinski definition) is 4. The van der Waals surface area contributed by atoms with Gasteiger partial charge in [-0.3, -0.25) is 9.59 Å². The van der Waals surface area contributed by atoms with Crippen molar-refractivity contribution in [2.45, 2.75) is 33.5 Å². The molecule has 1 aromatic carbocycles. The molecular weight excluding hydrogens is 507 g/mol. The number of carbonyl (C=O) groups is 2. The molecular formula is C26H29ClF3N5O2. The number of rotatable bonds is 7. The van der Waals surface area contributed by atoms with Crippen LogP contribution in [-0.4, -0.2) is 63.8 Å². The van der Waals surface area contributed by atoms with Gasteiger partial charge < -0.3 is 14.4 Å². The van der Waals surface area contributed by atoms with Gasteiger partial charge in [0.2, 0.25) is 5.91 Å². The van der Waals surface area contributed by atoms with E-state index in [0.717, 1.165) is 4.57 Å². The lowest BCUT2D eigenvalue weighted by Gasteiger charge is -2.32. The van der Waals surface area contributed by atoms with Crippen LogP contribution in [0.4, 0.5) is 13.2 Å². The van der Waals surface area contributed by atoms with Gasteiger partial charge in [0.25, 0.3) is 5.91 Å². The van der Waals surface area contributed by atoms with Crippen LogP contribution < -0.4 is 0 Å². The molecule has 0 bridgehead atoms. The summed E-state index contributed by atoms with van der Waals surface area (Å²) >= 11 is 5.91. The SMILES string of the molecule is Cc1c(-c2ncc(Cl)cn2)c(C(=O)N(C)CC(C)(C)C(=O)N(C)C)n(Cc2ccccc2)c1C(F)(F)F. The molecule has 2 aromatic heterocycles. The van der Waals surface area contributed by atoms with Gasteiger partial charge in [-0.1, -0.05) is 41.9 Å². The molecule has 0 atom stereocenters. The van der Waals surface area contributed by atoms with Gasteiger partial charge in [0.05, 0.1) is 16.0 Å². The molecule has 0 aliphatic heterocycles. The number of aromatic nitrogens is 3. The van der Waals surface area contributed by atoms with Crippen molar-refractivity contribution in [2.75, 3.05) is 27.7 Å². The molecule has 0 N–H and O–H groups in total. The van der Waals surface area contributed by atoms with Crippen molar-refractivity contribution in [2.24, 2.45) is 5.41 Å². The van der Waals surface area contributed by atoms with Crippen molar-refractivity contribution < 1.29 is 22.8 Å². The zero-order chi connectivity index (χ0) is 27.7. The van der Waals surface area contributed by atoms with Gasteiger partial charge in [-0.25, -0.2) is 9.97 Å². The van der Waals surface area contributed by atoms with Gasteiger partial charge in [-0.15, -0.1) is 0 Å². The minimum absolute atomic E-state index is 0.0271. The van der Waals surface area contributed by atoms with Crippen LogP contribution in [0.5, 0.6) is 0 Å². The van der Waals surface area contributed by atoms with Gasteiger partial charge in [0.15, 0.2) is 5.82 Å². The summed E-state index contributed by atoms with van der Waals surface area (Å²) in [6, 6.07) is 8.55. The first-order valence-electron chi connectivity index (χ1n) is 11.4. The molecule has 0 saturated carbocycles. The van der Waals surface area contributed by atoms with Crippen molar-refractivity contribution in [3.8, 4) is 11.4 Å². The summed E-state index contributed by atoms with van der Waals surface area (Å²) in [5.41, 5.74) is -1.80. The van der Waals surface area contributed by atoms with E-state index in [1.165, 1.54) is 36.2 Å². The summed E-state index contributed by atoms with van der Waals surface area (Å²) in [5.74, 6) is -0.970. The average molecular weight is 536 g/mol. The van der Waals surface area contributed by atoms with Crippen LogP contribution in [0.3, 0.4) is 0 Å². The lowest BCUT2D eigenvalue weighted by atomic mass is 9.91. The van der Waals surface area contributed by atoms with Crippen molar-refractivity contribution in [1.82, 2.24) is 24.3 Å². The summed E-state index contributed by atoms with van der Waals surface area (Å²) in [5, 5.41) is 0.204. The largest absolute Gasteiger partial charge is 0.431 e. The van der Waals surface area contributed by atoms with E-state index >= 15 is 0 Å². The standard InChI is InChI=1S/C26H29ClF3N5O2/c1-16-19(22-31-12-18(27)13-32-22)20(23(36)34(6)15-25(2,3)24(37)33(4)5)35(21(16)26(28,29)30)14-17-10-8-7-9-11-17/h7-13H,14-15H2,1-6H3. The quantitative estimate of drug-likeness (QED) is 0.419. The van der Waals surface area contributed by atoms with E-state index in [-0.39, 0.29) is 46.7 Å². The number of alkyl halides is 3. The Morgan fingerprint density at radius 3 is 2.11 bits per heavy atom. The minimum Gasteiger partial charge on any atom is -0.348 e. The molecule has 2 heterocycles. The first-order chi connectivity index (χ1) is 17.1. The van der Waals surface area contributed by atoms with Crippen LogP contribution in [0.2, 0.25) is 5.02 Å². The first-order valence-corrected chi connectivity index (χ1v) is 11.8. The van der Waals surface area contributed by atoms with E-state index in [0.29, 0.717) is 5.56 Å². The van der Waals surface area contributed by atoms with E-state index in [4.69, 9.17) is 11.6 Å². The van der Waals surface area contributed by atoms with Crippen LogP contribution >= 0.6 is 11.6 Å². The molecule has 0 saturated heterocycles. The van der Waals surface area contributed by atoms with Crippen LogP contribution in [-0.2, 0) is 17.5 Å². The number of nitrogens with zero attached hydrogens (tertiary/aromatic N) is 5. The Hall–Kier alpha value is -3.40. The monoisotopic (exact) mass is 535 g/mol. The van der Waals surface area contributed by atoms with Crippen molar-refractivity contribution in [3.05, 3.63) is 70.3 Å². The highest BCUT2D eigenvalue weighted by molar-refractivity contribution is 6.30. The van der Waals surface area contributed by atoms with Crippen LogP contribution in [0.1, 0.15) is 41.2 Å². The third-order valence-electron chi connectivity index (χ3n) is 5.97. The second kappa shape index (κ2) is 10.5. The second-order valence-electron chi connectivity index (χ2n) is 9.74. The molecule has 37 heavy (non-hydrogen) atoms. The minimum atomic E-state index is -4.77. The number of amides is 2. The van der Waals surface area contributed by atoms with E-state index in [1.807, 2.05) is 0 Å². The molecule has 0 spiro atoms. The number of halogens is 4. The molecule has 0 aliphatic carbocycles. The van der Waals surface area contributed by atoms with Crippen LogP contribution in [0, 0.1) is 12.3 Å². The van der Waals surface area contributed by atoms with Gasteiger partial charge in [-0.05, 0) is 31.9 Å². The third kappa shape index (κ3) is 5.95. The van der Waals surface area contributed by atoms with E-state index in [9.17, 15) is 22.8 Å². The number of benzene rings is 1. The van der Waals surface area contributed by atoms with Crippen molar-refractivity contribution in [3.63, 3.8) is 0 Å². The summed E-state index contributed by atoms with van der Waals surface area (Å²) in [7, 11) is 4.67. The molecule has 7 nitrogen and oxygen atoms in total. The van der Waals surface area contributed by atoms with Crippen molar-refractivity contribution in [1.29, 1.82) is 0 Å². The second-order valence-corrected chi connectivity index (χ2v) is 10.2. The Morgan fingerprint density at radius 1 is 1.03 bits per heavy atom. The van der Waals surface area contributed by atoms with Gasteiger partial charge in [-0.2, -0.15) is 13.2 Å². The fraction of sp³-hybridized carbons (Fsp3) is 0.385. The molecule has 0 radical (unpaired) electrons. The summed E-state index contributed by atoms with van der Waals surface area (Å²) < 4.78 is 44.3. The molecule has 3 rings (SSSR count). The topological polar surface area (TPSA) is 71.3 Å². The predicted molar refractivity (Wildman–Crippen MR) is 135 cm³/mol. The highest BCUT2D eigenvalue weighted by Gasteiger charge is 2.43. The van der Waals surface area contributed by atoms with E-state index < -0.39 is 23.2 Å². The normalized spacial score (nSPS) is 11.9. The Kier molecular flexibility index (Phi) is 8.02. The molecule has 2 amide bonds. The molecule has 11 heteroatoms. The van der Waals surface area contributed by atoms with Gasteiger partial charge >= 0.3 is 6.18 Å². The summed E-state index contributed by atoms with van der Waals surface area (Å²) in [6.07, 6.45) is -2.23. The van der Waals surface area contributed by atoms with Gasteiger partial charge in [0, 0.05) is 46.6 Å². The number of hydrogen-bond donors (Lipinski definition) is 0. The molecule has 0 fully saturated rings. The Bertz CT molecular complexity index is 1290. The highest BCUT2D eigenvalue weighted by Crippen LogP contribution is 2.41. The number of carbonyl (C=O) groups excluding carboxylic acids is 2. The fourth-order valence-corrected chi connectivity index (χ4v) is 4.59. The maximum atomic E-state index is 14.5. The van der Waals surface area contributed by atoms with E-state index in [1.54, 1.807) is 58.3 Å². The zero-order valence-corrected chi connectivity index (χ0v) is 22.3.